The van der Waals surface area contributed by atoms with Gasteiger partial charge in [-0.1, -0.05) is 27.7 Å². The fourth-order valence-electron chi connectivity index (χ4n) is 2.83. The maximum atomic E-state index is 6.07. The van der Waals surface area contributed by atoms with E-state index in [1.165, 1.54) is 12.8 Å². The summed E-state index contributed by atoms with van der Waals surface area (Å²) in [6.07, 6.45) is 2.49. The summed E-state index contributed by atoms with van der Waals surface area (Å²) in [6, 6.07) is 0.577. The van der Waals surface area contributed by atoms with Gasteiger partial charge in [-0.25, -0.2) is 9.97 Å². The lowest BCUT2D eigenvalue weighted by Crippen LogP contribution is -2.35. The lowest BCUT2D eigenvalue weighted by molar-refractivity contribution is 0.488. The molecule has 0 saturated carbocycles. The molecule has 1 saturated heterocycles. The zero-order valence-corrected chi connectivity index (χ0v) is 12.8. The van der Waals surface area contributed by atoms with Gasteiger partial charge >= 0.3 is 0 Å². The summed E-state index contributed by atoms with van der Waals surface area (Å²) in [5, 5.41) is 0. The Bertz CT molecular complexity index is 454. The van der Waals surface area contributed by atoms with Gasteiger partial charge in [0, 0.05) is 24.1 Å². The van der Waals surface area contributed by atoms with Crippen LogP contribution >= 0.6 is 0 Å². The molecule has 1 aromatic heterocycles. The Morgan fingerprint density at radius 2 is 1.89 bits per heavy atom. The van der Waals surface area contributed by atoms with Gasteiger partial charge in [-0.3, -0.25) is 0 Å². The molecule has 1 aliphatic heterocycles. The molecule has 19 heavy (non-hydrogen) atoms. The number of anilines is 2. The van der Waals surface area contributed by atoms with Crippen LogP contribution in [-0.2, 0) is 0 Å². The lowest BCUT2D eigenvalue weighted by atomic mass is 10.0. The molecule has 1 atom stereocenters. The van der Waals surface area contributed by atoms with Crippen molar-refractivity contribution >= 4 is 11.6 Å². The first-order valence-electron chi connectivity index (χ1n) is 7.32. The van der Waals surface area contributed by atoms with Gasteiger partial charge in [0.05, 0.1) is 0 Å². The van der Waals surface area contributed by atoms with Gasteiger partial charge in [-0.15, -0.1) is 0 Å². The molecule has 1 aromatic rings. The largest absolute Gasteiger partial charge is 0.383 e. The topological polar surface area (TPSA) is 55.0 Å². The Kier molecular flexibility index (Phi) is 3.97. The Morgan fingerprint density at radius 3 is 2.47 bits per heavy atom. The molecule has 1 aliphatic rings. The molecule has 2 N–H and O–H groups in total. The number of hydrogen-bond acceptors (Lipinski definition) is 4. The first-order chi connectivity index (χ1) is 8.91. The number of aromatic nitrogens is 2. The van der Waals surface area contributed by atoms with Crippen LogP contribution in [0.25, 0.3) is 0 Å². The number of nitrogens with two attached hydrogens (primary N) is 1. The molecule has 2 rings (SSSR count). The Balaban J connectivity index is 2.43. The van der Waals surface area contributed by atoms with Crippen LogP contribution in [0.2, 0.25) is 0 Å². The summed E-state index contributed by atoms with van der Waals surface area (Å²) in [4.78, 5) is 11.6. The van der Waals surface area contributed by atoms with E-state index in [-0.39, 0.29) is 0 Å². The molecule has 106 valence electrons. The van der Waals surface area contributed by atoms with E-state index in [1.54, 1.807) is 0 Å². The molecule has 2 heterocycles. The number of nitrogen functional groups attached to an aromatic ring is 1. The van der Waals surface area contributed by atoms with E-state index in [0.29, 0.717) is 23.7 Å². The van der Waals surface area contributed by atoms with Crippen LogP contribution in [0.4, 0.5) is 11.6 Å². The summed E-state index contributed by atoms with van der Waals surface area (Å²) in [5.41, 5.74) is 7.10. The van der Waals surface area contributed by atoms with Crippen molar-refractivity contribution in [1.29, 1.82) is 0 Å². The quantitative estimate of drug-likeness (QED) is 0.909. The molecule has 4 heteroatoms. The molecule has 0 aromatic carbocycles. The third-order valence-corrected chi connectivity index (χ3v) is 4.03. The highest BCUT2D eigenvalue weighted by Crippen LogP contribution is 2.32. The minimum atomic E-state index is 0.307. The third kappa shape index (κ3) is 2.67. The van der Waals surface area contributed by atoms with E-state index in [1.807, 2.05) is 6.92 Å². The van der Waals surface area contributed by atoms with Crippen molar-refractivity contribution in [1.82, 2.24) is 9.97 Å². The van der Waals surface area contributed by atoms with Gasteiger partial charge in [0.15, 0.2) is 0 Å². The van der Waals surface area contributed by atoms with E-state index in [2.05, 4.69) is 37.6 Å². The summed E-state index contributed by atoms with van der Waals surface area (Å²) in [7, 11) is 0. The Hall–Kier alpha value is -1.32. The molecular weight excluding hydrogens is 236 g/mol. The second-order valence-electron chi connectivity index (χ2n) is 6.22. The maximum absolute atomic E-state index is 6.07. The fourth-order valence-corrected chi connectivity index (χ4v) is 2.83. The summed E-state index contributed by atoms with van der Waals surface area (Å²) in [5.74, 6) is 3.48. The van der Waals surface area contributed by atoms with Gasteiger partial charge in [0.1, 0.15) is 17.5 Å². The molecule has 1 fully saturated rings. The summed E-state index contributed by atoms with van der Waals surface area (Å²) >= 11 is 0. The molecule has 0 spiro atoms. The monoisotopic (exact) mass is 262 g/mol. The molecule has 1 unspecified atom stereocenters. The van der Waals surface area contributed by atoms with Gasteiger partial charge in [-0.2, -0.15) is 0 Å². The van der Waals surface area contributed by atoms with Gasteiger partial charge < -0.3 is 10.6 Å². The normalized spacial score (nSPS) is 19.7. The summed E-state index contributed by atoms with van der Waals surface area (Å²) in [6.45, 7) is 11.9. The van der Waals surface area contributed by atoms with Crippen molar-refractivity contribution in [3.63, 3.8) is 0 Å². The van der Waals surface area contributed by atoms with Gasteiger partial charge in [0.2, 0.25) is 0 Å². The first kappa shape index (κ1) is 14.1. The predicted octanol–water partition coefficient (Wildman–Crippen LogP) is 3.12. The van der Waals surface area contributed by atoms with Crippen molar-refractivity contribution in [3.8, 4) is 0 Å². The molecule has 0 amide bonds. The van der Waals surface area contributed by atoms with E-state index in [0.717, 1.165) is 23.8 Å². The molecule has 4 nitrogen and oxygen atoms in total. The number of rotatable bonds is 3. The summed E-state index contributed by atoms with van der Waals surface area (Å²) < 4.78 is 0. The van der Waals surface area contributed by atoms with Gasteiger partial charge in [-0.05, 0) is 25.7 Å². The van der Waals surface area contributed by atoms with Crippen molar-refractivity contribution < 1.29 is 0 Å². The van der Waals surface area contributed by atoms with Crippen molar-refractivity contribution in [2.45, 2.75) is 59.4 Å². The van der Waals surface area contributed by atoms with Crippen LogP contribution in [0.1, 0.15) is 57.8 Å². The van der Waals surface area contributed by atoms with Crippen molar-refractivity contribution in [2.24, 2.45) is 5.92 Å². The highest BCUT2D eigenvalue weighted by atomic mass is 15.2. The Labute approximate surface area is 116 Å². The highest BCUT2D eigenvalue weighted by molar-refractivity contribution is 5.57. The third-order valence-electron chi connectivity index (χ3n) is 4.03. The number of nitrogens with zero attached hydrogens (tertiary/aromatic N) is 3. The van der Waals surface area contributed by atoms with Crippen LogP contribution in [0.5, 0.6) is 0 Å². The highest BCUT2D eigenvalue weighted by Gasteiger charge is 2.30. The average Bonchev–Trinajstić information content (AvgIpc) is 2.81. The first-order valence-corrected chi connectivity index (χ1v) is 7.32. The zero-order chi connectivity index (χ0) is 14.2. The van der Waals surface area contributed by atoms with Crippen LogP contribution in [-0.4, -0.2) is 22.6 Å². The molecule has 0 bridgehead atoms. The SMILES string of the molecule is Cc1c(N)nc(C(C)C)nc1N1CCCC1C(C)C. The van der Waals surface area contributed by atoms with Gasteiger partial charge in [0.25, 0.3) is 0 Å². The minimum absolute atomic E-state index is 0.307. The number of hydrogen-bond donors (Lipinski definition) is 1. The molecular formula is C15H26N4. The van der Waals surface area contributed by atoms with Crippen LogP contribution in [0.3, 0.4) is 0 Å². The van der Waals surface area contributed by atoms with Crippen LogP contribution < -0.4 is 10.6 Å². The molecule has 0 radical (unpaired) electrons. The van der Waals surface area contributed by atoms with Crippen molar-refractivity contribution in [2.75, 3.05) is 17.2 Å². The van der Waals surface area contributed by atoms with Crippen molar-refractivity contribution in [3.05, 3.63) is 11.4 Å². The van der Waals surface area contributed by atoms with E-state index >= 15 is 0 Å². The smallest absolute Gasteiger partial charge is 0.137 e. The minimum Gasteiger partial charge on any atom is -0.383 e. The van der Waals surface area contributed by atoms with Crippen LogP contribution in [0, 0.1) is 12.8 Å². The maximum Gasteiger partial charge on any atom is 0.137 e. The van der Waals surface area contributed by atoms with E-state index in [9.17, 15) is 0 Å². The standard InChI is InChI=1S/C15H26N4/c1-9(2)12-7-6-8-19(12)15-11(5)13(16)17-14(18-15)10(3)4/h9-10,12H,6-8H2,1-5H3,(H2,16,17,18). The second kappa shape index (κ2) is 5.35. The second-order valence-corrected chi connectivity index (χ2v) is 6.22. The fraction of sp³-hybridized carbons (Fsp3) is 0.733. The lowest BCUT2D eigenvalue weighted by Gasteiger charge is -2.30. The van der Waals surface area contributed by atoms with E-state index in [4.69, 9.17) is 10.7 Å². The van der Waals surface area contributed by atoms with E-state index < -0.39 is 0 Å². The zero-order valence-electron chi connectivity index (χ0n) is 12.8. The average molecular weight is 262 g/mol. The Morgan fingerprint density at radius 1 is 1.21 bits per heavy atom. The van der Waals surface area contributed by atoms with Crippen LogP contribution in [0.15, 0.2) is 0 Å². The molecule has 0 aliphatic carbocycles. The predicted molar refractivity (Wildman–Crippen MR) is 80.5 cm³/mol.